The van der Waals surface area contributed by atoms with Crippen molar-refractivity contribution < 1.29 is 14.2 Å². The summed E-state index contributed by atoms with van der Waals surface area (Å²) in [6.07, 6.45) is 6.14. The van der Waals surface area contributed by atoms with E-state index < -0.39 is 0 Å². The Kier molecular flexibility index (Phi) is 8.26. The quantitative estimate of drug-likeness (QED) is 0.528. The summed E-state index contributed by atoms with van der Waals surface area (Å²) in [6.45, 7) is 5.98. The van der Waals surface area contributed by atoms with Crippen molar-refractivity contribution in [3.8, 4) is 0 Å². The van der Waals surface area contributed by atoms with Crippen molar-refractivity contribution >= 4 is 35.0 Å². The van der Waals surface area contributed by atoms with Crippen LogP contribution in [0.2, 0.25) is 0 Å². The highest BCUT2D eigenvalue weighted by Crippen LogP contribution is 2.40. The van der Waals surface area contributed by atoms with Gasteiger partial charge in [0.05, 0.1) is 5.41 Å². The van der Waals surface area contributed by atoms with E-state index in [-0.39, 0.29) is 17.2 Å². The van der Waals surface area contributed by atoms with Crippen molar-refractivity contribution in [1.29, 1.82) is 0 Å². The van der Waals surface area contributed by atoms with E-state index in [1.165, 1.54) is 17.0 Å². The Bertz CT molecular complexity index is 1080. The van der Waals surface area contributed by atoms with Crippen molar-refractivity contribution in [3.63, 3.8) is 0 Å². The van der Waals surface area contributed by atoms with Gasteiger partial charge in [0.15, 0.2) is 5.71 Å². The van der Waals surface area contributed by atoms with Crippen molar-refractivity contribution in [1.82, 2.24) is 10.6 Å². The number of benzene rings is 2. The summed E-state index contributed by atoms with van der Waals surface area (Å²) in [4.78, 5) is 25.3. The van der Waals surface area contributed by atoms with Crippen LogP contribution in [0.1, 0.15) is 44.2 Å². The van der Waals surface area contributed by atoms with Crippen LogP contribution < -0.4 is 15.5 Å². The molecule has 6 heteroatoms. The third-order valence-electron chi connectivity index (χ3n) is 6.58. The van der Waals surface area contributed by atoms with E-state index in [1.54, 1.807) is 14.1 Å². The minimum Gasteiger partial charge on any atom is -0.374 e. The van der Waals surface area contributed by atoms with E-state index in [4.69, 9.17) is 0 Å². The van der Waals surface area contributed by atoms with E-state index in [1.807, 2.05) is 7.05 Å². The second kappa shape index (κ2) is 11.1. The predicted molar refractivity (Wildman–Crippen MR) is 140 cm³/mol. The van der Waals surface area contributed by atoms with E-state index in [0.29, 0.717) is 19.4 Å². The highest BCUT2D eigenvalue weighted by atomic mass is 16.2. The van der Waals surface area contributed by atoms with Crippen molar-refractivity contribution in [2.75, 3.05) is 39.1 Å². The molecule has 0 radical (unpaired) electrons. The van der Waals surface area contributed by atoms with Gasteiger partial charge in [-0.3, -0.25) is 9.59 Å². The zero-order valence-electron chi connectivity index (χ0n) is 21.0. The molecular formula is C28H37N4O2+. The highest BCUT2D eigenvalue weighted by molar-refractivity contribution is 6.05. The van der Waals surface area contributed by atoms with Gasteiger partial charge in [0.2, 0.25) is 17.5 Å². The van der Waals surface area contributed by atoms with Gasteiger partial charge in [-0.25, -0.2) is 0 Å². The highest BCUT2D eigenvalue weighted by Gasteiger charge is 2.43. The number of hydrogen-bond donors (Lipinski definition) is 2. The van der Waals surface area contributed by atoms with Gasteiger partial charge < -0.3 is 15.5 Å². The molecular weight excluding hydrogens is 424 g/mol. The minimum atomic E-state index is -0.125. The third kappa shape index (κ3) is 5.74. The van der Waals surface area contributed by atoms with Crippen molar-refractivity contribution in [2.24, 2.45) is 0 Å². The van der Waals surface area contributed by atoms with E-state index in [9.17, 15) is 9.59 Å². The normalized spacial score (nSPS) is 14.3. The number of nitrogens with one attached hydrogen (secondary N) is 2. The maximum Gasteiger partial charge on any atom is 0.221 e. The van der Waals surface area contributed by atoms with Crippen LogP contribution in [0.4, 0.5) is 11.4 Å². The molecule has 6 nitrogen and oxygen atoms in total. The van der Waals surface area contributed by atoms with Crippen LogP contribution in [0.25, 0.3) is 6.08 Å². The van der Waals surface area contributed by atoms with Crippen LogP contribution in [-0.2, 0) is 15.0 Å². The Morgan fingerprint density at radius 2 is 1.59 bits per heavy atom. The third-order valence-corrected chi connectivity index (χ3v) is 6.58. The van der Waals surface area contributed by atoms with Gasteiger partial charge in [0.1, 0.15) is 6.54 Å². The molecule has 1 aliphatic rings. The SMILES string of the molecule is CNC(=O)CCC[N+]1=C(/C=C/c2ccc(N(C)CCC(=O)NC)cc2)C(C)(C)c2ccccc21. The summed E-state index contributed by atoms with van der Waals surface area (Å²) in [7, 11) is 5.34. The molecule has 1 aliphatic heterocycles. The Balaban J connectivity index is 1.80. The monoisotopic (exact) mass is 461 g/mol. The molecule has 0 bridgehead atoms. The molecule has 0 atom stereocenters. The molecule has 0 aromatic heterocycles. The summed E-state index contributed by atoms with van der Waals surface area (Å²) < 4.78 is 2.36. The number of allylic oxidation sites excluding steroid dienone is 1. The number of rotatable bonds is 10. The number of carbonyl (C=O) groups is 2. The summed E-state index contributed by atoms with van der Waals surface area (Å²) in [5.74, 6) is 0.118. The fourth-order valence-corrected chi connectivity index (χ4v) is 4.44. The maximum absolute atomic E-state index is 11.7. The summed E-state index contributed by atoms with van der Waals surface area (Å²) in [6, 6.07) is 16.9. The first-order valence-corrected chi connectivity index (χ1v) is 11.9. The molecule has 180 valence electrons. The number of anilines is 1. The van der Waals surface area contributed by atoms with Crippen molar-refractivity contribution in [2.45, 2.75) is 38.5 Å². The topological polar surface area (TPSA) is 64.5 Å². The lowest BCUT2D eigenvalue weighted by molar-refractivity contribution is -0.438. The molecule has 34 heavy (non-hydrogen) atoms. The van der Waals surface area contributed by atoms with Gasteiger partial charge in [-0.1, -0.05) is 30.3 Å². The summed E-state index contributed by atoms with van der Waals surface area (Å²) in [5.41, 5.74) is 5.84. The van der Waals surface area contributed by atoms with Crippen LogP contribution in [0, 0.1) is 0 Å². The second-order valence-corrected chi connectivity index (χ2v) is 9.23. The number of fused-ring (bicyclic) bond motifs is 1. The maximum atomic E-state index is 11.7. The lowest BCUT2D eigenvalue weighted by atomic mass is 9.81. The number of carbonyl (C=O) groups excluding carboxylic acids is 2. The molecule has 1 heterocycles. The van der Waals surface area contributed by atoms with Crippen LogP contribution in [0.5, 0.6) is 0 Å². The van der Waals surface area contributed by atoms with Gasteiger partial charge in [0.25, 0.3) is 0 Å². The number of para-hydroxylation sites is 1. The largest absolute Gasteiger partial charge is 0.374 e. The second-order valence-electron chi connectivity index (χ2n) is 9.23. The van der Waals surface area contributed by atoms with Crippen LogP contribution >= 0.6 is 0 Å². The molecule has 0 saturated carbocycles. The molecule has 0 unspecified atom stereocenters. The molecule has 2 aromatic rings. The lowest BCUT2D eigenvalue weighted by Gasteiger charge is -2.19. The van der Waals surface area contributed by atoms with Crippen LogP contribution in [0.3, 0.4) is 0 Å². The number of nitrogens with zero attached hydrogens (tertiary/aromatic N) is 2. The zero-order chi connectivity index (χ0) is 24.7. The molecule has 3 rings (SSSR count). The molecule has 0 fully saturated rings. The fraction of sp³-hybridized carbons (Fsp3) is 0.393. The lowest BCUT2D eigenvalue weighted by Crippen LogP contribution is -2.28. The summed E-state index contributed by atoms with van der Waals surface area (Å²) in [5, 5.41) is 5.37. The van der Waals surface area contributed by atoms with Gasteiger partial charge in [-0.2, -0.15) is 4.58 Å². The fourth-order valence-electron chi connectivity index (χ4n) is 4.44. The molecule has 2 amide bonds. The zero-order valence-corrected chi connectivity index (χ0v) is 21.0. The molecule has 2 N–H and O–H groups in total. The number of amides is 2. The Morgan fingerprint density at radius 3 is 2.26 bits per heavy atom. The first-order chi connectivity index (χ1) is 16.3. The molecule has 0 aliphatic carbocycles. The molecule has 2 aromatic carbocycles. The van der Waals surface area contributed by atoms with E-state index in [0.717, 1.165) is 24.2 Å². The Hall–Kier alpha value is -3.41. The predicted octanol–water partition coefficient (Wildman–Crippen LogP) is 3.87. The molecule has 0 spiro atoms. The van der Waals surface area contributed by atoms with E-state index in [2.05, 4.69) is 94.6 Å². The molecule has 0 saturated heterocycles. The van der Waals surface area contributed by atoms with Gasteiger partial charge in [-0.05, 0) is 37.6 Å². The Morgan fingerprint density at radius 1 is 0.941 bits per heavy atom. The minimum absolute atomic E-state index is 0.0449. The van der Waals surface area contributed by atoms with Crippen molar-refractivity contribution in [3.05, 3.63) is 65.7 Å². The first kappa shape index (κ1) is 25.2. The first-order valence-electron chi connectivity index (χ1n) is 11.9. The van der Waals surface area contributed by atoms with E-state index >= 15 is 0 Å². The average molecular weight is 462 g/mol. The van der Waals surface area contributed by atoms with Crippen LogP contribution in [0.15, 0.2) is 54.6 Å². The summed E-state index contributed by atoms with van der Waals surface area (Å²) >= 11 is 0. The van der Waals surface area contributed by atoms with Crippen LogP contribution in [-0.4, -0.2) is 56.3 Å². The van der Waals surface area contributed by atoms with Gasteiger partial charge >= 0.3 is 0 Å². The number of hydrogen-bond acceptors (Lipinski definition) is 3. The van der Waals surface area contributed by atoms with Gasteiger partial charge in [-0.15, -0.1) is 0 Å². The average Bonchev–Trinajstić information content (AvgIpc) is 3.07. The Labute approximate surface area is 203 Å². The smallest absolute Gasteiger partial charge is 0.221 e. The van der Waals surface area contributed by atoms with Gasteiger partial charge in [0, 0.05) is 70.3 Å². The standard InChI is InChI=1S/C28H36N4O2/c1-28(2)23-9-6-7-10-24(23)32(19-8-11-26(33)29-3)25(28)17-14-21-12-15-22(16-13-21)31(5)20-18-27(34)30-4/h6-7,9-10,12-17H,8,11,18-20H2,1-5H3,(H-,29,30,33,34)/p+1.